The summed E-state index contributed by atoms with van der Waals surface area (Å²) in [5.74, 6) is 0. The largest absolute Gasteiger partial charge is 0.444 e. The minimum Gasteiger partial charge on any atom is -0.444 e. The molecule has 2 heterocycles. The minimum atomic E-state index is -0.443. The van der Waals surface area contributed by atoms with E-state index in [0.717, 1.165) is 23.7 Å². The van der Waals surface area contributed by atoms with Gasteiger partial charge in [0, 0.05) is 30.6 Å². The molecule has 1 atom stereocenters. The molecule has 0 radical (unpaired) electrons. The Bertz CT molecular complexity index is 616. The number of carbonyl (C=O) groups is 1. The predicted molar refractivity (Wildman–Crippen MR) is 98.5 cm³/mol. The number of carbonyl (C=O) groups excluding carboxylic acids is 1. The summed E-state index contributed by atoms with van der Waals surface area (Å²) in [5.41, 5.74) is 2.04. The Balaban J connectivity index is 1.83. The van der Waals surface area contributed by atoms with E-state index in [1.54, 1.807) is 16.2 Å². The standard InChI is InChI=1S/C18H29N3O2S/c1-12(16-13(2)24-14(3)20-16)19-11-15-7-9-21(10-8-15)17(22)23-18(4,5)6/h7,12,19H,8-11H2,1-6H3. The van der Waals surface area contributed by atoms with Crippen LogP contribution < -0.4 is 5.32 Å². The van der Waals surface area contributed by atoms with E-state index in [-0.39, 0.29) is 12.1 Å². The third-order valence-electron chi connectivity index (χ3n) is 3.94. The highest BCUT2D eigenvalue weighted by Gasteiger charge is 2.23. The molecule has 1 amide bonds. The smallest absolute Gasteiger partial charge is 0.410 e. The van der Waals surface area contributed by atoms with Gasteiger partial charge in [0.05, 0.1) is 10.7 Å². The van der Waals surface area contributed by atoms with Crippen LogP contribution in [-0.2, 0) is 4.74 Å². The Morgan fingerprint density at radius 1 is 1.46 bits per heavy atom. The molecule has 0 saturated carbocycles. The van der Waals surface area contributed by atoms with Crippen LogP contribution >= 0.6 is 11.3 Å². The zero-order valence-electron chi connectivity index (χ0n) is 15.6. The molecule has 5 nitrogen and oxygen atoms in total. The number of rotatable bonds is 4. The molecule has 0 saturated heterocycles. The van der Waals surface area contributed by atoms with E-state index >= 15 is 0 Å². The molecule has 1 aliphatic rings. The van der Waals surface area contributed by atoms with Crippen molar-refractivity contribution in [2.24, 2.45) is 0 Å². The molecule has 0 aliphatic carbocycles. The van der Waals surface area contributed by atoms with Crippen LogP contribution in [0.3, 0.4) is 0 Å². The van der Waals surface area contributed by atoms with Crippen molar-refractivity contribution in [2.75, 3.05) is 19.6 Å². The number of aryl methyl sites for hydroxylation is 2. The highest BCUT2D eigenvalue weighted by Crippen LogP contribution is 2.23. The van der Waals surface area contributed by atoms with Crippen LogP contribution in [0.4, 0.5) is 4.79 Å². The number of hydrogen-bond acceptors (Lipinski definition) is 5. The molecular formula is C18H29N3O2S. The lowest BCUT2D eigenvalue weighted by molar-refractivity contribution is 0.0265. The molecule has 1 aromatic heterocycles. The molecule has 134 valence electrons. The fourth-order valence-corrected chi connectivity index (χ4v) is 3.61. The maximum atomic E-state index is 12.1. The molecule has 1 unspecified atom stereocenters. The fourth-order valence-electron chi connectivity index (χ4n) is 2.69. The lowest BCUT2D eigenvalue weighted by Gasteiger charge is -2.30. The highest BCUT2D eigenvalue weighted by molar-refractivity contribution is 7.11. The second-order valence-electron chi connectivity index (χ2n) is 7.32. The molecule has 0 spiro atoms. The SMILES string of the molecule is Cc1nc(C(C)NCC2=CCN(C(=O)OC(C)(C)C)CC2)c(C)s1. The molecule has 0 fully saturated rings. The van der Waals surface area contributed by atoms with E-state index in [9.17, 15) is 4.79 Å². The monoisotopic (exact) mass is 351 g/mol. The summed E-state index contributed by atoms with van der Waals surface area (Å²) in [7, 11) is 0. The second-order valence-corrected chi connectivity index (χ2v) is 8.72. The summed E-state index contributed by atoms with van der Waals surface area (Å²) < 4.78 is 5.42. The van der Waals surface area contributed by atoms with E-state index in [4.69, 9.17) is 4.74 Å². The molecule has 1 aromatic rings. The predicted octanol–water partition coefficient (Wildman–Crippen LogP) is 3.98. The number of ether oxygens (including phenoxy) is 1. The molecule has 2 rings (SSSR count). The van der Waals surface area contributed by atoms with Crippen molar-refractivity contribution in [3.63, 3.8) is 0 Å². The zero-order chi connectivity index (χ0) is 17.9. The van der Waals surface area contributed by atoms with Gasteiger partial charge in [-0.05, 0) is 48.0 Å². The van der Waals surface area contributed by atoms with Gasteiger partial charge in [-0.15, -0.1) is 11.3 Å². The van der Waals surface area contributed by atoms with Gasteiger partial charge in [0.15, 0.2) is 0 Å². The van der Waals surface area contributed by atoms with Gasteiger partial charge in [0.2, 0.25) is 0 Å². The summed E-state index contributed by atoms with van der Waals surface area (Å²) >= 11 is 1.74. The van der Waals surface area contributed by atoms with Gasteiger partial charge in [-0.3, -0.25) is 0 Å². The van der Waals surface area contributed by atoms with Crippen molar-refractivity contribution in [1.82, 2.24) is 15.2 Å². The van der Waals surface area contributed by atoms with Crippen LogP contribution in [0.25, 0.3) is 0 Å². The van der Waals surface area contributed by atoms with E-state index < -0.39 is 5.60 Å². The van der Waals surface area contributed by atoms with Crippen molar-refractivity contribution < 1.29 is 9.53 Å². The van der Waals surface area contributed by atoms with Crippen molar-refractivity contribution >= 4 is 17.4 Å². The van der Waals surface area contributed by atoms with Crippen molar-refractivity contribution in [2.45, 2.75) is 59.6 Å². The number of hydrogen-bond donors (Lipinski definition) is 1. The maximum absolute atomic E-state index is 12.1. The van der Waals surface area contributed by atoms with Crippen LogP contribution in [-0.4, -0.2) is 41.2 Å². The van der Waals surface area contributed by atoms with Gasteiger partial charge in [-0.25, -0.2) is 9.78 Å². The van der Waals surface area contributed by atoms with Gasteiger partial charge in [-0.2, -0.15) is 0 Å². The first-order valence-electron chi connectivity index (χ1n) is 8.49. The van der Waals surface area contributed by atoms with Crippen LogP contribution in [0.5, 0.6) is 0 Å². The van der Waals surface area contributed by atoms with Crippen LogP contribution in [0.1, 0.15) is 55.7 Å². The van der Waals surface area contributed by atoms with Gasteiger partial charge in [-0.1, -0.05) is 11.6 Å². The van der Waals surface area contributed by atoms with E-state index in [2.05, 4.69) is 30.2 Å². The molecule has 1 N–H and O–H groups in total. The van der Waals surface area contributed by atoms with Crippen molar-refractivity contribution in [3.05, 3.63) is 27.2 Å². The van der Waals surface area contributed by atoms with E-state index in [0.29, 0.717) is 13.1 Å². The van der Waals surface area contributed by atoms with E-state index in [1.807, 2.05) is 27.7 Å². The molecule has 1 aliphatic heterocycles. The van der Waals surface area contributed by atoms with Crippen molar-refractivity contribution in [1.29, 1.82) is 0 Å². The van der Waals surface area contributed by atoms with E-state index in [1.165, 1.54) is 10.5 Å². The fraction of sp³-hybridized carbons (Fsp3) is 0.667. The summed E-state index contributed by atoms with van der Waals surface area (Å²) in [4.78, 5) is 19.7. The summed E-state index contributed by atoms with van der Waals surface area (Å²) in [6.45, 7) is 14.2. The lowest BCUT2D eigenvalue weighted by Crippen LogP contribution is -2.40. The number of nitrogens with one attached hydrogen (secondary N) is 1. The van der Waals surface area contributed by atoms with Crippen LogP contribution in [0.15, 0.2) is 11.6 Å². The van der Waals surface area contributed by atoms with Gasteiger partial charge in [0.25, 0.3) is 0 Å². The first kappa shape index (κ1) is 18.9. The Hall–Kier alpha value is -1.40. The Morgan fingerprint density at radius 2 is 2.17 bits per heavy atom. The van der Waals surface area contributed by atoms with Gasteiger partial charge < -0.3 is 15.0 Å². The second kappa shape index (κ2) is 7.66. The Morgan fingerprint density at radius 3 is 2.67 bits per heavy atom. The van der Waals surface area contributed by atoms with Gasteiger partial charge >= 0.3 is 6.09 Å². The zero-order valence-corrected chi connectivity index (χ0v) is 16.4. The average Bonchev–Trinajstić information content (AvgIpc) is 2.82. The first-order valence-corrected chi connectivity index (χ1v) is 9.30. The van der Waals surface area contributed by atoms with Crippen molar-refractivity contribution in [3.8, 4) is 0 Å². The third-order valence-corrected chi connectivity index (χ3v) is 4.84. The molecule has 24 heavy (non-hydrogen) atoms. The number of nitrogens with zero attached hydrogens (tertiary/aromatic N) is 2. The summed E-state index contributed by atoms with van der Waals surface area (Å²) in [6.07, 6.45) is 2.79. The molecule has 0 aromatic carbocycles. The number of aromatic nitrogens is 1. The molecule has 6 heteroatoms. The summed E-state index contributed by atoms with van der Waals surface area (Å²) in [5, 5.41) is 4.66. The quantitative estimate of drug-likeness (QED) is 0.834. The van der Waals surface area contributed by atoms with Gasteiger partial charge in [0.1, 0.15) is 5.60 Å². The topological polar surface area (TPSA) is 54.5 Å². The third kappa shape index (κ3) is 5.31. The molecular weight excluding hydrogens is 322 g/mol. The van der Waals surface area contributed by atoms with Crippen LogP contribution in [0.2, 0.25) is 0 Å². The average molecular weight is 352 g/mol. The van der Waals surface area contributed by atoms with Crippen LogP contribution in [0, 0.1) is 13.8 Å². The summed E-state index contributed by atoms with van der Waals surface area (Å²) in [6, 6.07) is 0.236. The molecule has 0 bridgehead atoms. The highest BCUT2D eigenvalue weighted by atomic mass is 32.1. The Labute approximate surface area is 149 Å². The first-order chi connectivity index (χ1) is 11.2. The number of thiazole rings is 1. The Kier molecular flexibility index (Phi) is 6.04. The minimum absolute atomic E-state index is 0.229. The maximum Gasteiger partial charge on any atom is 0.410 e. The lowest BCUT2D eigenvalue weighted by atomic mass is 10.1. The number of amides is 1. The normalized spacial score (nSPS) is 16.8.